The number of aliphatic hydroxyl groups is 1. The Morgan fingerprint density at radius 3 is 2.52 bits per heavy atom. The number of aromatic nitrogens is 2. The summed E-state index contributed by atoms with van der Waals surface area (Å²) >= 11 is 6.27. The third kappa shape index (κ3) is 3.78. The molecule has 29 heavy (non-hydrogen) atoms. The van der Waals surface area contributed by atoms with Gasteiger partial charge < -0.3 is 14.6 Å². The van der Waals surface area contributed by atoms with Crippen LogP contribution >= 0.6 is 11.6 Å². The monoisotopic (exact) mass is 409 g/mol. The molecule has 6 heteroatoms. The zero-order valence-corrected chi connectivity index (χ0v) is 18.6. The number of pyridine rings is 1. The van der Waals surface area contributed by atoms with E-state index in [9.17, 15) is 5.11 Å². The molecule has 1 N–H and O–H groups in total. The molecule has 0 bridgehead atoms. The number of aliphatic hydroxyl groups excluding tert-OH is 1. The van der Waals surface area contributed by atoms with Gasteiger partial charge in [-0.05, 0) is 75.3 Å². The zero-order valence-electron chi connectivity index (χ0n) is 17.8. The minimum Gasteiger partial charge on any atom is -0.396 e. The number of hydrogen-bond donors (Lipinski definition) is 1. The SMILES string of the molecule is Bc1cc(Cl)cc(C)c1-n1cc(C)c2c(N3CCC(CCO)CC3)cc(C)nc21. The Morgan fingerprint density at radius 2 is 1.86 bits per heavy atom. The summed E-state index contributed by atoms with van der Waals surface area (Å²) in [5.74, 6) is 0.639. The van der Waals surface area contributed by atoms with Gasteiger partial charge in [0.1, 0.15) is 13.5 Å². The maximum absolute atomic E-state index is 9.26. The van der Waals surface area contributed by atoms with Crippen LogP contribution in [0.3, 0.4) is 0 Å². The molecule has 0 aliphatic carbocycles. The minimum absolute atomic E-state index is 0.297. The van der Waals surface area contributed by atoms with Crippen molar-refractivity contribution in [3.05, 3.63) is 46.2 Å². The van der Waals surface area contributed by atoms with Crippen molar-refractivity contribution in [2.45, 2.75) is 40.0 Å². The number of rotatable bonds is 4. The van der Waals surface area contributed by atoms with E-state index in [2.05, 4.69) is 50.3 Å². The molecule has 4 nitrogen and oxygen atoms in total. The van der Waals surface area contributed by atoms with E-state index in [-0.39, 0.29) is 0 Å². The van der Waals surface area contributed by atoms with Crippen molar-refractivity contribution in [2.75, 3.05) is 24.6 Å². The van der Waals surface area contributed by atoms with E-state index < -0.39 is 0 Å². The maximum atomic E-state index is 9.26. The van der Waals surface area contributed by atoms with E-state index in [0.29, 0.717) is 12.5 Å². The average molecular weight is 410 g/mol. The first-order chi connectivity index (χ1) is 13.9. The normalized spacial score (nSPS) is 15.4. The maximum Gasteiger partial charge on any atom is 0.147 e. The van der Waals surface area contributed by atoms with Gasteiger partial charge in [-0.3, -0.25) is 0 Å². The van der Waals surface area contributed by atoms with Crippen LogP contribution in [-0.2, 0) is 0 Å². The summed E-state index contributed by atoms with van der Waals surface area (Å²) in [4.78, 5) is 7.45. The van der Waals surface area contributed by atoms with Crippen LogP contribution in [0.1, 0.15) is 36.1 Å². The highest BCUT2D eigenvalue weighted by Gasteiger charge is 2.23. The summed E-state index contributed by atoms with van der Waals surface area (Å²) in [6, 6.07) is 6.27. The number of benzene rings is 1. The molecule has 4 rings (SSSR count). The molecule has 1 aliphatic rings. The van der Waals surface area contributed by atoms with Gasteiger partial charge in [0.25, 0.3) is 0 Å². The molecular weight excluding hydrogens is 381 g/mol. The highest BCUT2D eigenvalue weighted by atomic mass is 35.5. The molecular formula is C23H29BClN3O. The Balaban J connectivity index is 1.82. The fourth-order valence-electron chi connectivity index (χ4n) is 4.86. The van der Waals surface area contributed by atoms with Crippen LogP contribution in [0.15, 0.2) is 24.4 Å². The molecule has 152 valence electrons. The lowest BCUT2D eigenvalue weighted by molar-refractivity contribution is 0.240. The summed E-state index contributed by atoms with van der Waals surface area (Å²) < 4.78 is 2.24. The smallest absolute Gasteiger partial charge is 0.147 e. The van der Waals surface area contributed by atoms with E-state index in [1.165, 1.54) is 22.3 Å². The van der Waals surface area contributed by atoms with Gasteiger partial charge in [-0.15, -0.1) is 0 Å². The van der Waals surface area contributed by atoms with Crippen LogP contribution in [0.5, 0.6) is 0 Å². The van der Waals surface area contributed by atoms with Crippen LogP contribution in [0.25, 0.3) is 16.7 Å². The van der Waals surface area contributed by atoms with Crippen LogP contribution in [0.4, 0.5) is 5.69 Å². The number of nitrogens with zero attached hydrogens (tertiary/aromatic N) is 3. The van der Waals surface area contributed by atoms with Gasteiger partial charge in [-0.1, -0.05) is 17.1 Å². The first-order valence-electron chi connectivity index (χ1n) is 10.5. The number of halogens is 1. The largest absolute Gasteiger partial charge is 0.396 e. The van der Waals surface area contributed by atoms with E-state index in [1.54, 1.807) is 0 Å². The van der Waals surface area contributed by atoms with Crippen molar-refractivity contribution in [3.8, 4) is 5.69 Å². The van der Waals surface area contributed by atoms with Crippen molar-refractivity contribution in [1.82, 2.24) is 9.55 Å². The van der Waals surface area contributed by atoms with Gasteiger partial charge in [0, 0.05) is 53.4 Å². The molecule has 3 aromatic rings. The van der Waals surface area contributed by atoms with Gasteiger partial charge in [-0.25, -0.2) is 4.98 Å². The molecule has 1 aliphatic heterocycles. The molecule has 0 saturated carbocycles. The first-order valence-corrected chi connectivity index (χ1v) is 10.9. The summed E-state index contributed by atoms with van der Waals surface area (Å²) in [6.45, 7) is 8.73. The van der Waals surface area contributed by atoms with Crippen LogP contribution < -0.4 is 10.4 Å². The van der Waals surface area contributed by atoms with Crippen molar-refractivity contribution < 1.29 is 5.11 Å². The average Bonchev–Trinajstić information content (AvgIpc) is 2.97. The Labute approximate surface area is 178 Å². The second-order valence-electron chi connectivity index (χ2n) is 8.49. The number of anilines is 1. The number of fused-ring (bicyclic) bond motifs is 1. The lowest BCUT2D eigenvalue weighted by Gasteiger charge is -2.34. The molecule has 1 aromatic carbocycles. The fraction of sp³-hybridized carbons (Fsp3) is 0.435. The predicted molar refractivity (Wildman–Crippen MR) is 125 cm³/mol. The Kier molecular flexibility index (Phi) is 5.63. The molecule has 0 atom stereocenters. The summed E-state index contributed by atoms with van der Waals surface area (Å²) in [5, 5.41) is 11.3. The highest BCUT2D eigenvalue weighted by Crippen LogP contribution is 2.35. The summed E-state index contributed by atoms with van der Waals surface area (Å²) in [6.07, 6.45) is 5.41. The van der Waals surface area contributed by atoms with Crippen molar-refractivity contribution in [1.29, 1.82) is 0 Å². The molecule has 1 saturated heterocycles. The van der Waals surface area contributed by atoms with Crippen LogP contribution in [0, 0.1) is 26.7 Å². The molecule has 3 heterocycles. The van der Waals surface area contributed by atoms with Crippen LogP contribution in [0.2, 0.25) is 5.02 Å². The predicted octanol–water partition coefficient (Wildman–Crippen LogP) is 3.46. The first kappa shape index (κ1) is 20.3. The van der Waals surface area contributed by atoms with E-state index >= 15 is 0 Å². The number of piperidine rings is 1. The molecule has 0 radical (unpaired) electrons. The molecule has 2 aromatic heterocycles. The van der Waals surface area contributed by atoms with Gasteiger partial charge in [0.15, 0.2) is 0 Å². The quantitative estimate of drug-likeness (QED) is 0.671. The highest BCUT2D eigenvalue weighted by molar-refractivity contribution is 6.38. The van der Waals surface area contributed by atoms with Gasteiger partial charge in [-0.2, -0.15) is 0 Å². The van der Waals surface area contributed by atoms with Crippen molar-refractivity contribution >= 4 is 41.6 Å². The molecule has 1 fully saturated rings. The van der Waals surface area contributed by atoms with Gasteiger partial charge in [0.05, 0.1) is 0 Å². The van der Waals surface area contributed by atoms with Gasteiger partial charge >= 0.3 is 0 Å². The standard InChI is InChI=1S/C23H29BClN3O/c1-14-10-18(25)12-19(24)22(14)28-13-15(2)21-20(11-16(3)26-23(21)28)27-7-4-17(5-8-27)6-9-29/h10-13,17,29H,4-9,24H2,1-3H3. The zero-order chi connectivity index (χ0) is 20.7. The van der Waals surface area contributed by atoms with Gasteiger partial charge in [0.2, 0.25) is 0 Å². The molecule has 0 amide bonds. The molecule has 0 unspecified atom stereocenters. The van der Waals surface area contributed by atoms with E-state index in [1.807, 2.05) is 12.1 Å². The topological polar surface area (TPSA) is 41.3 Å². The third-order valence-corrected chi connectivity index (χ3v) is 6.46. The minimum atomic E-state index is 0.297. The number of aryl methyl sites for hydroxylation is 3. The third-order valence-electron chi connectivity index (χ3n) is 6.24. The lowest BCUT2D eigenvalue weighted by Crippen LogP contribution is -2.34. The summed E-state index contributed by atoms with van der Waals surface area (Å²) in [5.41, 5.74) is 8.06. The summed E-state index contributed by atoms with van der Waals surface area (Å²) in [7, 11) is 2.11. The van der Waals surface area contributed by atoms with Crippen LogP contribution in [-0.4, -0.2) is 42.2 Å². The Morgan fingerprint density at radius 1 is 1.14 bits per heavy atom. The second-order valence-corrected chi connectivity index (χ2v) is 8.93. The van der Waals surface area contributed by atoms with E-state index in [0.717, 1.165) is 59.7 Å². The second kappa shape index (κ2) is 8.04. The molecule has 0 spiro atoms. The lowest BCUT2D eigenvalue weighted by atomic mass is 9.91. The number of hydrogen-bond acceptors (Lipinski definition) is 3. The Hall–Kier alpha value is -1.98. The fourth-order valence-corrected chi connectivity index (χ4v) is 5.19. The Bertz CT molecular complexity index is 1030. The van der Waals surface area contributed by atoms with Crippen molar-refractivity contribution in [3.63, 3.8) is 0 Å². The van der Waals surface area contributed by atoms with Crippen molar-refractivity contribution in [2.24, 2.45) is 5.92 Å². The van der Waals surface area contributed by atoms with E-state index in [4.69, 9.17) is 16.6 Å².